The molecule has 2 aromatic carbocycles. The minimum Gasteiger partial charge on any atom is -0.504 e. The van der Waals surface area contributed by atoms with Gasteiger partial charge in [-0.3, -0.25) is 9.58 Å². The summed E-state index contributed by atoms with van der Waals surface area (Å²) >= 11 is 6.13. The lowest BCUT2D eigenvalue weighted by Crippen LogP contribution is -2.25. The van der Waals surface area contributed by atoms with Crippen LogP contribution in [0.2, 0.25) is 5.02 Å². The Balaban J connectivity index is 1.62. The summed E-state index contributed by atoms with van der Waals surface area (Å²) in [7, 11) is 0. The van der Waals surface area contributed by atoms with E-state index in [1.807, 2.05) is 35.1 Å². The Labute approximate surface area is 163 Å². The van der Waals surface area contributed by atoms with Crippen molar-refractivity contribution in [3.63, 3.8) is 0 Å². The standard InChI is InChI=1S/C21H22ClN3O2/c1-2-25-13-15(11-23-25)12-24-6-7-27-21-18(14-24)8-17(10-20(21)26)16-4-3-5-19(22)9-16/h3-5,8-11,13,26H,2,6-7,12,14H2,1H3. The molecule has 0 fully saturated rings. The van der Waals surface area contributed by atoms with E-state index in [0.717, 1.165) is 36.3 Å². The quantitative estimate of drug-likeness (QED) is 0.728. The van der Waals surface area contributed by atoms with Gasteiger partial charge in [0, 0.05) is 48.5 Å². The van der Waals surface area contributed by atoms with Crippen molar-refractivity contribution in [2.24, 2.45) is 0 Å². The molecule has 1 aliphatic heterocycles. The highest BCUT2D eigenvalue weighted by Crippen LogP contribution is 2.38. The fraction of sp³-hybridized carbons (Fsp3) is 0.286. The van der Waals surface area contributed by atoms with Crippen molar-refractivity contribution < 1.29 is 9.84 Å². The average Bonchev–Trinajstić information content (AvgIpc) is 3.00. The average molecular weight is 384 g/mol. The molecule has 0 unspecified atom stereocenters. The summed E-state index contributed by atoms with van der Waals surface area (Å²) < 4.78 is 7.78. The van der Waals surface area contributed by atoms with Gasteiger partial charge in [-0.05, 0) is 42.3 Å². The first kappa shape index (κ1) is 17.9. The number of phenolic OH excluding ortho intramolecular Hbond substituents is 1. The molecule has 0 aliphatic carbocycles. The number of phenols is 1. The molecule has 0 atom stereocenters. The van der Waals surface area contributed by atoms with E-state index in [-0.39, 0.29) is 5.75 Å². The predicted octanol–water partition coefficient (Wildman–Crippen LogP) is 4.32. The van der Waals surface area contributed by atoms with Crippen LogP contribution >= 0.6 is 11.6 Å². The number of rotatable bonds is 4. The number of hydrogen-bond donors (Lipinski definition) is 1. The molecule has 140 valence electrons. The molecule has 0 amide bonds. The van der Waals surface area contributed by atoms with Crippen LogP contribution in [0.5, 0.6) is 11.5 Å². The van der Waals surface area contributed by atoms with Gasteiger partial charge in [0.2, 0.25) is 0 Å². The lowest BCUT2D eigenvalue weighted by molar-refractivity contribution is 0.217. The van der Waals surface area contributed by atoms with Gasteiger partial charge in [0.05, 0.1) is 6.20 Å². The zero-order valence-electron chi connectivity index (χ0n) is 15.2. The molecule has 1 aliphatic rings. The fourth-order valence-corrected chi connectivity index (χ4v) is 3.63. The number of aromatic nitrogens is 2. The first-order chi connectivity index (χ1) is 13.1. The zero-order valence-corrected chi connectivity index (χ0v) is 16.0. The van der Waals surface area contributed by atoms with Crippen molar-refractivity contribution >= 4 is 11.6 Å². The maximum Gasteiger partial charge on any atom is 0.165 e. The Morgan fingerprint density at radius 3 is 2.89 bits per heavy atom. The third-order valence-electron chi connectivity index (χ3n) is 4.77. The first-order valence-corrected chi connectivity index (χ1v) is 9.48. The van der Waals surface area contributed by atoms with E-state index in [9.17, 15) is 5.11 Å². The molecule has 0 spiro atoms. The number of hydrogen-bond acceptors (Lipinski definition) is 4. The van der Waals surface area contributed by atoms with E-state index < -0.39 is 0 Å². The maximum absolute atomic E-state index is 10.5. The molecule has 1 N–H and O–H groups in total. The summed E-state index contributed by atoms with van der Waals surface area (Å²) in [6.07, 6.45) is 3.99. The predicted molar refractivity (Wildman–Crippen MR) is 106 cm³/mol. The number of fused-ring (bicyclic) bond motifs is 1. The summed E-state index contributed by atoms with van der Waals surface area (Å²) in [5.74, 6) is 0.746. The summed E-state index contributed by atoms with van der Waals surface area (Å²) in [6.45, 7) is 5.77. The molecule has 5 nitrogen and oxygen atoms in total. The number of ether oxygens (including phenoxy) is 1. The topological polar surface area (TPSA) is 50.5 Å². The van der Waals surface area contributed by atoms with Crippen molar-refractivity contribution in [3.8, 4) is 22.6 Å². The van der Waals surface area contributed by atoms with Crippen LogP contribution in [-0.4, -0.2) is 32.9 Å². The van der Waals surface area contributed by atoms with Crippen molar-refractivity contribution in [2.45, 2.75) is 26.6 Å². The van der Waals surface area contributed by atoms with Gasteiger partial charge in [-0.15, -0.1) is 0 Å². The van der Waals surface area contributed by atoms with E-state index in [0.29, 0.717) is 23.9 Å². The van der Waals surface area contributed by atoms with E-state index in [1.54, 1.807) is 6.07 Å². The van der Waals surface area contributed by atoms with Gasteiger partial charge >= 0.3 is 0 Å². The second kappa shape index (κ2) is 7.62. The second-order valence-electron chi connectivity index (χ2n) is 6.76. The van der Waals surface area contributed by atoms with E-state index in [1.165, 1.54) is 5.56 Å². The highest BCUT2D eigenvalue weighted by Gasteiger charge is 2.20. The van der Waals surface area contributed by atoms with Crippen molar-refractivity contribution in [1.29, 1.82) is 0 Å². The molecule has 27 heavy (non-hydrogen) atoms. The maximum atomic E-state index is 10.5. The van der Waals surface area contributed by atoms with E-state index in [2.05, 4.69) is 29.2 Å². The molecule has 2 heterocycles. The third-order valence-corrected chi connectivity index (χ3v) is 5.00. The number of halogens is 1. The normalized spacial score (nSPS) is 14.4. The molecule has 3 aromatic rings. The molecule has 1 aromatic heterocycles. The zero-order chi connectivity index (χ0) is 18.8. The van der Waals surface area contributed by atoms with Crippen LogP contribution in [0, 0.1) is 0 Å². The summed E-state index contributed by atoms with van der Waals surface area (Å²) in [5, 5.41) is 15.5. The minimum atomic E-state index is 0.170. The molecule has 6 heteroatoms. The minimum absolute atomic E-state index is 0.170. The molecule has 0 saturated heterocycles. The SMILES string of the molecule is CCn1cc(CN2CCOc3c(O)cc(-c4cccc(Cl)c4)cc3C2)cn1. The summed E-state index contributed by atoms with van der Waals surface area (Å²) in [6, 6.07) is 11.5. The van der Waals surface area contributed by atoms with Crippen LogP contribution in [0.4, 0.5) is 0 Å². The Morgan fingerprint density at radius 1 is 1.22 bits per heavy atom. The molecular weight excluding hydrogens is 362 g/mol. The molecular formula is C21H22ClN3O2. The number of benzene rings is 2. The molecule has 0 radical (unpaired) electrons. The smallest absolute Gasteiger partial charge is 0.165 e. The highest BCUT2D eigenvalue weighted by molar-refractivity contribution is 6.30. The van der Waals surface area contributed by atoms with Crippen LogP contribution in [-0.2, 0) is 19.6 Å². The van der Waals surface area contributed by atoms with Crippen LogP contribution in [0.1, 0.15) is 18.1 Å². The van der Waals surface area contributed by atoms with Crippen molar-refractivity contribution in [3.05, 3.63) is 64.9 Å². The van der Waals surface area contributed by atoms with Gasteiger partial charge < -0.3 is 9.84 Å². The van der Waals surface area contributed by atoms with Crippen molar-refractivity contribution in [1.82, 2.24) is 14.7 Å². The Bertz CT molecular complexity index is 954. The summed E-state index contributed by atoms with van der Waals surface area (Å²) in [5.41, 5.74) is 4.06. The number of aromatic hydroxyl groups is 1. The lowest BCUT2D eigenvalue weighted by Gasteiger charge is -2.18. The van der Waals surface area contributed by atoms with E-state index in [4.69, 9.17) is 16.3 Å². The molecule has 0 saturated carbocycles. The molecule has 0 bridgehead atoms. The van der Waals surface area contributed by atoms with Gasteiger partial charge in [0.1, 0.15) is 6.61 Å². The second-order valence-corrected chi connectivity index (χ2v) is 7.19. The van der Waals surface area contributed by atoms with Crippen LogP contribution < -0.4 is 4.74 Å². The number of nitrogens with zero attached hydrogens (tertiary/aromatic N) is 3. The van der Waals surface area contributed by atoms with Crippen LogP contribution in [0.25, 0.3) is 11.1 Å². The largest absolute Gasteiger partial charge is 0.504 e. The van der Waals surface area contributed by atoms with Gasteiger partial charge in [-0.1, -0.05) is 23.7 Å². The van der Waals surface area contributed by atoms with Gasteiger partial charge in [0.15, 0.2) is 11.5 Å². The van der Waals surface area contributed by atoms with Gasteiger partial charge in [-0.2, -0.15) is 5.10 Å². The third kappa shape index (κ3) is 3.94. The Hall–Kier alpha value is -2.50. The molecule has 4 rings (SSSR count). The van der Waals surface area contributed by atoms with Crippen LogP contribution in [0.15, 0.2) is 48.8 Å². The first-order valence-electron chi connectivity index (χ1n) is 9.10. The lowest BCUT2D eigenvalue weighted by atomic mass is 10.0. The number of aryl methyl sites for hydroxylation is 1. The summed E-state index contributed by atoms with van der Waals surface area (Å²) in [4.78, 5) is 2.31. The highest BCUT2D eigenvalue weighted by atomic mass is 35.5. The van der Waals surface area contributed by atoms with Gasteiger partial charge in [0.25, 0.3) is 0 Å². The Kier molecular flexibility index (Phi) is 5.05. The fourth-order valence-electron chi connectivity index (χ4n) is 3.44. The van der Waals surface area contributed by atoms with Crippen LogP contribution in [0.3, 0.4) is 0 Å². The Morgan fingerprint density at radius 2 is 2.11 bits per heavy atom. The van der Waals surface area contributed by atoms with Crippen molar-refractivity contribution in [2.75, 3.05) is 13.2 Å². The monoisotopic (exact) mass is 383 g/mol. The van der Waals surface area contributed by atoms with E-state index >= 15 is 0 Å². The van der Waals surface area contributed by atoms with Gasteiger partial charge in [-0.25, -0.2) is 0 Å².